The molecule has 0 bridgehead atoms. The Morgan fingerprint density at radius 2 is 1.83 bits per heavy atom. The summed E-state index contributed by atoms with van der Waals surface area (Å²) in [6, 6.07) is 14.1. The topological polar surface area (TPSA) is 80.9 Å². The van der Waals surface area contributed by atoms with Crippen molar-refractivity contribution in [3.63, 3.8) is 0 Å². The molecule has 0 saturated carbocycles. The maximum absolute atomic E-state index is 13.2. The molecule has 0 aliphatic heterocycles. The molecule has 8 nitrogen and oxygen atoms in total. The molecule has 4 rings (SSSR count). The van der Waals surface area contributed by atoms with E-state index >= 15 is 0 Å². The van der Waals surface area contributed by atoms with Crippen LogP contribution in [0.25, 0.3) is 16.9 Å². The average molecular weight is 472 g/mol. The van der Waals surface area contributed by atoms with Gasteiger partial charge in [-0.25, -0.2) is 19.3 Å². The number of nitrogens with zero attached hydrogens (tertiary/aromatic N) is 6. The van der Waals surface area contributed by atoms with E-state index in [1.807, 2.05) is 30.3 Å². The van der Waals surface area contributed by atoms with Gasteiger partial charge in [0, 0.05) is 29.5 Å². The van der Waals surface area contributed by atoms with E-state index in [0.29, 0.717) is 29.3 Å². The molecule has 0 saturated heterocycles. The van der Waals surface area contributed by atoms with Crippen LogP contribution in [0.15, 0.2) is 66.1 Å². The SMILES string of the molecule is C=CCn1c(=O)c2cnc(Nc3ccc(CCN(C)C)cc3)nc2n1-c1cccc(C(C)(C)C)n1. The van der Waals surface area contributed by atoms with Gasteiger partial charge >= 0.3 is 0 Å². The van der Waals surface area contributed by atoms with Crippen molar-refractivity contribution >= 4 is 22.7 Å². The first kappa shape index (κ1) is 24.3. The second kappa shape index (κ2) is 9.84. The van der Waals surface area contributed by atoms with Crippen molar-refractivity contribution in [1.29, 1.82) is 0 Å². The van der Waals surface area contributed by atoms with E-state index in [2.05, 4.69) is 68.8 Å². The third-order valence-electron chi connectivity index (χ3n) is 5.76. The molecule has 0 radical (unpaired) electrons. The van der Waals surface area contributed by atoms with Crippen LogP contribution in [0.5, 0.6) is 0 Å². The zero-order valence-electron chi connectivity index (χ0n) is 21.1. The predicted octanol–water partition coefficient (Wildman–Crippen LogP) is 4.31. The highest BCUT2D eigenvalue weighted by Crippen LogP contribution is 2.23. The van der Waals surface area contributed by atoms with Gasteiger partial charge in [-0.05, 0) is 50.3 Å². The average Bonchev–Trinajstić information content (AvgIpc) is 3.09. The molecular weight excluding hydrogens is 438 g/mol. The Kier molecular flexibility index (Phi) is 6.84. The van der Waals surface area contributed by atoms with Crippen molar-refractivity contribution in [1.82, 2.24) is 29.2 Å². The van der Waals surface area contributed by atoms with Crippen LogP contribution < -0.4 is 10.9 Å². The highest BCUT2D eigenvalue weighted by atomic mass is 16.1. The van der Waals surface area contributed by atoms with Crippen LogP contribution in [-0.2, 0) is 18.4 Å². The lowest BCUT2D eigenvalue weighted by Crippen LogP contribution is -2.23. The van der Waals surface area contributed by atoms with Crippen LogP contribution in [0, 0.1) is 0 Å². The maximum Gasteiger partial charge on any atom is 0.278 e. The maximum atomic E-state index is 13.2. The van der Waals surface area contributed by atoms with Crippen LogP contribution in [-0.4, -0.2) is 49.9 Å². The van der Waals surface area contributed by atoms with E-state index in [-0.39, 0.29) is 11.0 Å². The van der Waals surface area contributed by atoms with E-state index in [9.17, 15) is 4.79 Å². The first-order valence-corrected chi connectivity index (χ1v) is 11.8. The first-order valence-electron chi connectivity index (χ1n) is 11.8. The van der Waals surface area contributed by atoms with Gasteiger partial charge in [-0.2, -0.15) is 4.98 Å². The standard InChI is InChI=1S/C27H33N7O/c1-7-16-33-25(35)21-18-28-26(29-20-13-11-19(12-14-20)15-17-32(5)6)31-24(21)34(33)23-10-8-9-22(30-23)27(2,3)4/h7-14,18H,1,15-17H2,2-6H3,(H,28,29,31). The molecule has 0 amide bonds. The minimum absolute atomic E-state index is 0.136. The summed E-state index contributed by atoms with van der Waals surface area (Å²) < 4.78 is 3.34. The molecule has 1 N–H and O–H groups in total. The lowest BCUT2D eigenvalue weighted by molar-refractivity contribution is 0.413. The summed E-state index contributed by atoms with van der Waals surface area (Å²) in [7, 11) is 4.14. The van der Waals surface area contributed by atoms with Gasteiger partial charge < -0.3 is 10.2 Å². The largest absolute Gasteiger partial charge is 0.324 e. The Balaban J connectivity index is 1.74. The predicted molar refractivity (Wildman–Crippen MR) is 142 cm³/mol. The molecule has 0 fully saturated rings. The van der Waals surface area contributed by atoms with Crippen LogP contribution in [0.4, 0.5) is 11.6 Å². The summed E-state index contributed by atoms with van der Waals surface area (Å²) in [5.74, 6) is 1.04. The molecule has 0 spiro atoms. The first-order chi connectivity index (χ1) is 16.7. The van der Waals surface area contributed by atoms with E-state index in [1.165, 1.54) is 5.56 Å². The fourth-order valence-corrected chi connectivity index (χ4v) is 3.80. The zero-order valence-corrected chi connectivity index (χ0v) is 21.1. The number of allylic oxidation sites excluding steroid dienone is 1. The van der Waals surface area contributed by atoms with E-state index in [1.54, 1.807) is 21.6 Å². The molecular formula is C27H33N7O. The van der Waals surface area contributed by atoms with Crippen LogP contribution in [0.2, 0.25) is 0 Å². The number of benzene rings is 1. The van der Waals surface area contributed by atoms with Gasteiger partial charge in [0.2, 0.25) is 5.95 Å². The Labute approximate surface area is 205 Å². The fourth-order valence-electron chi connectivity index (χ4n) is 3.80. The Morgan fingerprint density at radius 3 is 2.49 bits per heavy atom. The Bertz CT molecular complexity index is 1390. The summed E-state index contributed by atoms with van der Waals surface area (Å²) in [5, 5.41) is 3.70. The smallest absolute Gasteiger partial charge is 0.278 e. The molecule has 182 valence electrons. The molecule has 4 aromatic rings. The summed E-state index contributed by atoms with van der Waals surface area (Å²) in [6.45, 7) is 11.5. The number of anilines is 2. The molecule has 0 aliphatic rings. The van der Waals surface area contributed by atoms with Crippen molar-refractivity contribution < 1.29 is 0 Å². The van der Waals surface area contributed by atoms with Gasteiger partial charge in [-0.1, -0.05) is 45.0 Å². The molecule has 0 atom stereocenters. The van der Waals surface area contributed by atoms with Gasteiger partial charge in [0.15, 0.2) is 11.5 Å². The monoisotopic (exact) mass is 471 g/mol. The fraction of sp³-hybridized carbons (Fsp3) is 0.333. The van der Waals surface area contributed by atoms with Crippen LogP contribution >= 0.6 is 0 Å². The molecule has 0 unspecified atom stereocenters. The summed E-state index contributed by atoms with van der Waals surface area (Å²) >= 11 is 0. The van der Waals surface area contributed by atoms with Crippen molar-refractivity contribution in [3.05, 3.63) is 82.9 Å². The minimum atomic E-state index is -0.181. The Hall–Kier alpha value is -3.78. The van der Waals surface area contributed by atoms with Crippen molar-refractivity contribution in [2.24, 2.45) is 0 Å². The highest BCUT2D eigenvalue weighted by Gasteiger charge is 2.20. The van der Waals surface area contributed by atoms with Crippen LogP contribution in [0.1, 0.15) is 32.0 Å². The number of aromatic nitrogens is 5. The highest BCUT2D eigenvalue weighted by molar-refractivity contribution is 5.77. The van der Waals surface area contributed by atoms with E-state index in [4.69, 9.17) is 9.97 Å². The third kappa shape index (κ3) is 5.33. The number of pyridine rings is 1. The zero-order chi connectivity index (χ0) is 25.2. The minimum Gasteiger partial charge on any atom is -0.324 e. The van der Waals surface area contributed by atoms with Gasteiger partial charge in [-0.15, -0.1) is 6.58 Å². The number of rotatable bonds is 8. The normalized spacial score (nSPS) is 11.8. The molecule has 3 heterocycles. The summed E-state index contributed by atoms with van der Waals surface area (Å²) in [6.07, 6.45) is 4.25. The molecule has 3 aromatic heterocycles. The molecule has 8 heteroatoms. The van der Waals surface area contributed by atoms with Crippen LogP contribution in [0.3, 0.4) is 0 Å². The molecule has 1 aromatic carbocycles. The molecule has 35 heavy (non-hydrogen) atoms. The number of hydrogen-bond acceptors (Lipinski definition) is 6. The second-order valence-electron chi connectivity index (χ2n) is 9.92. The molecule has 0 aliphatic carbocycles. The van der Waals surface area contributed by atoms with Crippen molar-refractivity contribution in [3.8, 4) is 5.82 Å². The summed E-state index contributed by atoms with van der Waals surface area (Å²) in [5.41, 5.74) is 3.25. The van der Waals surface area contributed by atoms with Gasteiger partial charge in [0.05, 0.1) is 6.54 Å². The number of likely N-dealkylation sites (N-methyl/N-ethyl adjacent to an activating group) is 1. The summed E-state index contributed by atoms with van der Waals surface area (Å²) in [4.78, 5) is 29.3. The lowest BCUT2D eigenvalue weighted by Gasteiger charge is -2.19. The van der Waals surface area contributed by atoms with Gasteiger partial charge in [0.1, 0.15) is 5.39 Å². The second-order valence-corrected chi connectivity index (χ2v) is 9.92. The van der Waals surface area contributed by atoms with Crippen molar-refractivity contribution in [2.75, 3.05) is 26.0 Å². The third-order valence-corrected chi connectivity index (χ3v) is 5.76. The number of fused-ring (bicyclic) bond motifs is 1. The Morgan fingerprint density at radius 1 is 1.09 bits per heavy atom. The van der Waals surface area contributed by atoms with Gasteiger partial charge in [-0.3, -0.25) is 4.79 Å². The van der Waals surface area contributed by atoms with E-state index < -0.39 is 0 Å². The lowest BCUT2D eigenvalue weighted by atomic mass is 9.92. The van der Waals surface area contributed by atoms with Gasteiger partial charge in [0.25, 0.3) is 5.56 Å². The number of hydrogen-bond donors (Lipinski definition) is 1. The number of nitrogens with one attached hydrogen (secondary N) is 1. The van der Waals surface area contributed by atoms with E-state index in [0.717, 1.165) is 24.3 Å². The van der Waals surface area contributed by atoms with Crippen molar-refractivity contribution in [2.45, 2.75) is 39.2 Å². The quantitative estimate of drug-likeness (QED) is 0.386.